The van der Waals surface area contributed by atoms with Crippen LogP contribution in [0.2, 0.25) is 0 Å². The molecule has 8 heteroatoms. The second kappa shape index (κ2) is 15.0. The maximum Gasteiger partial charge on any atom is 0.338 e. The van der Waals surface area contributed by atoms with Gasteiger partial charge in [-0.1, -0.05) is 94.1 Å². The predicted molar refractivity (Wildman–Crippen MR) is 191 cm³/mol. The first-order chi connectivity index (χ1) is 22.7. The molecule has 238 valence electrons. The number of unbranched alkanes of at least 4 members (excludes halogenated alkanes) is 2. The second-order valence-electron chi connectivity index (χ2n) is 11.1. The third kappa shape index (κ3) is 7.14. The lowest BCUT2D eigenvalue weighted by Gasteiger charge is -2.22. The molecule has 0 atom stereocenters. The van der Waals surface area contributed by atoms with E-state index in [-0.39, 0.29) is 28.9 Å². The summed E-state index contributed by atoms with van der Waals surface area (Å²) in [5.74, 6) is -2.80. The molecule has 0 bridgehead atoms. The van der Waals surface area contributed by atoms with Crippen LogP contribution < -0.4 is 0 Å². The maximum atomic E-state index is 14.5. The number of hydrogen-bond acceptors (Lipinski definition) is 5. The Labute approximate surface area is 290 Å². The number of carboxylic acid groups (broad SMARTS) is 1. The minimum absolute atomic E-state index is 0.0446. The third-order valence-corrected chi connectivity index (χ3v) is 9.10. The molecule has 0 spiro atoms. The first-order valence-corrected chi connectivity index (χ1v) is 17.0. The van der Waals surface area contributed by atoms with Crippen molar-refractivity contribution in [1.82, 2.24) is 0 Å². The lowest BCUT2D eigenvalue weighted by Crippen LogP contribution is -2.18. The molecule has 0 aromatic heterocycles. The number of carboxylic acids is 1. The van der Waals surface area contributed by atoms with Crippen LogP contribution in [0.1, 0.15) is 91.2 Å². The minimum Gasteiger partial charge on any atom is -0.478 e. The van der Waals surface area contributed by atoms with E-state index < -0.39 is 23.5 Å². The van der Waals surface area contributed by atoms with E-state index in [9.17, 15) is 24.3 Å². The highest BCUT2D eigenvalue weighted by molar-refractivity contribution is 9.10. The van der Waals surface area contributed by atoms with Crippen molar-refractivity contribution in [3.8, 4) is 11.1 Å². The van der Waals surface area contributed by atoms with Crippen LogP contribution in [0, 0.1) is 0 Å². The van der Waals surface area contributed by atoms with Crippen LogP contribution in [-0.4, -0.2) is 35.2 Å². The van der Waals surface area contributed by atoms with E-state index in [1.807, 2.05) is 24.3 Å². The van der Waals surface area contributed by atoms with Gasteiger partial charge in [0.2, 0.25) is 0 Å². The van der Waals surface area contributed by atoms with Crippen LogP contribution in [0.4, 0.5) is 0 Å². The highest BCUT2D eigenvalue weighted by Crippen LogP contribution is 2.41. The molecule has 0 fully saturated rings. The molecule has 0 amide bonds. The highest BCUT2D eigenvalue weighted by Gasteiger charge is 2.31. The summed E-state index contributed by atoms with van der Waals surface area (Å²) >= 11 is 6.90. The molecule has 0 saturated carbocycles. The number of aromatic carboxylic acids is 1. The predicted octanol–water partition coefficient (Wildman–Crippen LogP) is 10.1. The Hall–Kier alpha value is -4.40. The van der Waals surface area contributed by atoms with E-state index in [1.165, 1.54) is 6.07 Å². The van der Waals surface area contributed by atoms with Crippen molar-refractivity contribution in [3.63, 3.8) is 0 Å². The Kier molecular flexibility index (Phi) is 10.8. The summed E-state index contributed by atoms with van der Waals surface area (Å²) in [6.07, 6.45) is 2.83. The number of hydrogen-bond donors (Lipinski definition) is 1. The summed E-state index contributed by atoms with van der Waals surface area (Å²) in [6.45, 7) is 3.83. The molecule has 0 aliphatic carbocycles. The second-order valence-corrected chi connectivity index (χ2v) is 12.9. The van der Waals surface area contributed by atoms with Crippen molar-refractivity contribution in [2.75, 3.05) is 6.61 Å². The van der Waals surface area contributed by atoms with Crippen molar-refractivity contribution in [1.29, 1.82) is 0 Å². The van der Waals surface area contributed by atoms with Crippen molar-refractivity contribution in [3.05, 3.63) is 139 Å². The van der Waals surface area contributed by atoms with E-state index in [0.29, 0.717) is 51.4 Å². The average Bonchev–Trinajstić information content (AvgIpc) is 3.07. The SMILES string of the molecule is CCCCCc1c(C(=O)c2ccccc2)c(C(=O)O)cc2c(-c3ccc(Br)cc3)c(C(=O)c3ccc(Br)cc3)c(C(=O)OCC)cc12. The number of rotatable bonds is 12. The van der Waals surface area contributed by atoms with Crippen molar-refractivity contribution < 1.29 is 29.0 Å². The minimum atomic E-state index is -1.26. The molecule has 6 nitrogen and oxygen atoms in total. The molecule has 0 saturated heterocycles. The van der Waals surface area contributed by atoms with Gasteiger partial charge in [-0.3, -0.25) is 9.59 Å². The number of aryl methyl sites for hydroxylation is 1. The summed E-state index contributed by atoms with van der Waals surface area (Å²) in [7, 11) is 0. The van der Waals surface area contributed by atoms with Gasteiger partial charge in [-0.25, -0.2) is 9.59 Å². The van der Waals surface area contributed by atoms with Gasteiger partial charge < -0.3 is 9.84 Å². The Bertz CT molecular complexity index is 1980. The van der Waals surface area contributed by atoms with E-state index in [2.05, 4.69) is 38.8 Å². The van der Waals surface area contributed by atoms with Crippen molar-refractivity contribution in [2.24, 2.45) is 0 Å². The third-order valence-electron chi connectivity index (χ3n) is 8.04. The molecule has 0 aliphatic heterocycles. The van der Waals surface area contributed by atoms with Gasteiger partial charge in [-0.15, -0.1) is 0 Å². The largest absolute Gasteiger partial charge is 0.478 e. The van der Waals surface area contributed by atoms with Gasteiger partial charge in [0.05, 0.1) is 17.7 Å². The molecule has 0 unspecified atom stereocenters. The Morgan fingerprint density at radius 3 is 1.85 bits per heavy atom. The van der Waals surface area contributed by atoms with Gasteiger partial charge in [-0.05, 0) is 90.2 Å². The van der Waals surface area contributed by atoms with Crippen LogP contribution in [0.3, 0.4) is 0 Å². The van der Waals surface area contributed by atoms with Crippen LogP contribution in [0.25, 0.3) is 21.9 Å². The molecule has 0 radical (unpaired) electrons. The van der Waals surface area contributed by atoms with E-state index in [4.69, 9.17) is 4.74 Å². The lowest BCUT2D eigenvalue weighted by atomic mass is 9.80. The number of carbonyl (C=O) groups is 4. The van der Waals surface area contributed by atoms with Gasteiger partial charge in [0.1, 0.15) is 0 Å². The summed E-state index contributed by atoms with van der Waals surface area (Å²) < 4.78 is 7.10. The number of ketones is 2. The van der Waals surface area contributed by atoms with Crippen LogP contribution in [0.15, 0.2) is 99.9 Å². The average molecular weight is 756 g/mol. The first kappa shape index (κ1) is 33.9. The summed E-state index contributed by atoms with van der Waals surface area (Å²) in [5.41, 5.74) is 2.26. The fourth-order valence-corrected chi connectivity index (χ4v) is 6.38. The molecular weight excluding hydrogens is 724 g/mol. The van der Waals surface area contributed by atoms with E-state index in [0.717, 1.165) is 21.8 Å². The molecule has 0 aliphatic rings. The van der Waals surface area contributed by atoms with Crippen LogP contribution in [-0.2, 0) is 11.2 Å². The zero-order valence-electron chi connectivity index (χ0n) is 25.9. The summed E-state index contributed by atoms with van der Waals surface area (Å²) in [6, 6.07) is 25.7. The number of esters is 1. The highest BCUT2D eigenvalue weighted by atomic mass is 79.9. The summed E-state index contributed by atoms with van der Waals surface area (Å²) in [5, 5.41) is 11.6. The topological polar surface area (TPSA) is 97.7 Å². The van der Waals surface area contributed by atoms with Gasteiger partial charge in [0, 0.05) is 36.8 Å². The number of benzene rings is 5. The van der Waals surface area contributed by atoms with Crippen LogP contribution >= 0.6 is 31.9 Å². The quantitative estimate of drug-likeness (QED) is 0.0774. The van der Waals surface area contributed by atoms with E-state index >= 15 is 0 Å². The van der Waals surface area contributed by atoms with Gasteiger partial charge >= 0.3 is 11.9 Å². The molecule has 47 heavy (non-hydrogen) atoms. The van der Waals surface area contributed by atoms with Gasteiger partial charge in [-0.2, -0.15) is 0 Å². The number of fused-ring (bicyclic) bond motifs is 1. The lowest BCUT2D eigenvalue weighted by molar-refractivity contribution is 0.0523. The zero-order valence-corrected chi connectivity index (χ0v) is 29.1. The van der Waals surface area contributed by atoms with E-state index in [1.54, 1.807) is 67.6 Å². The van der Waals surface area contributed by atoms with Crippen LogP contribution in [0.5, 0.6) is 0 Å². The van der Waals surface area contributed by atoms with Gasteiger partial charge in [0.25, 0.3) is 0 Å². The fraction of sp³-hybridized carbons (Fsp3) is 0.179. The molecule has 1 N–H and O–H groups in total. The number of ether oxygens (including phenoxy) is 1. The zero-order chi connectivity index (χ0) is 33.7. The molecule has 0 heterocycles. The van der Waals surface area contributed by atoms with Crippen molar-refractivity contribution in [2.45, 2.75) is 39.5 Å². The molecule has 5 aromatic carbocycles. The van der Waals surface area contributed by atoms with Crippen molar-refractivity contribution >= 4 is 66.1 Å². The monoisotopic (exact) mass is 754 g/mol. The molecule has 5 aromatic rings. The van der Waals surface area contributed by atoms with Gasteiger partial charge in [0.15, 0.2) is 11.6 Å². The number of carbonyl (C=O) groups excluding carboxylic acids is 3. The number of halogens is 2. The normalized spacial score (nSPS) is 11.0. The standard InChI is InChI=1S/C39H32Br2O6/c1-3-5-7-12-28-29-21-32(39(46)47-4-2)35(37(43)25-15-19-27(41)20-16-25)33(23-13-17-26(40)18-14-23)30(29)22-31(38(44)45)34(28)36(42)24-10-8-6-9-11-24/h6,8-11,13-22H,3-5,7,12H2,1-2H3,(H,44,45). The Morgan fingerprint density at radius 1 is 0.681 bits per heavy atom. The summed E-state index contributed by atoms with van der Waals surface area (Å²) in [4.78, 5) is 55.4. The first-order valence-electron chi connectivity index (χ1n) is 15.4. The Balaban J connectivity index is 1.99. The Morgan fingerprint density at radius 2 is 1.26 bits per heavy atom. The molecular formula is C39H32Br2O6. The molecule has 5 rings (SSSR count). The smallest absolute Gasteiger partial charge is 0.338 e. The fourth-order valence-electron chi connectivity index (χ4n) is 5.85. The maximum absolute atomic E-state index is 14.5.